The summed E-state index contributed by atoms with van der Waals surface area (Å²) in [5, 5.41) is 2.76. The summed E-state index contributed by atoms with van der Waals surface area (Å²) in [7, 11) is 1.51. The van der Waals surface area contributed by atoms with E-state index in [0.717, 1.165) is 11.8 Å². The largest absolute Gasteiger partial charge is 0.495 e. The second kappa shape index (κ2) is 6.02. The maximum absolute atomic E-state index is 12.2. The van der Waals surface area contributed by atoms with Gasteiger partial charge in [0.15, 0.2) is 0 Å². The van der Waals surface area contributed by atoms with Crippen molar-refractivity contribution in [2.24, 2.45) is 0 Å². The molecule has 0 aliphatic carbocycles. The van der Waals surface area contributed by atoms with Crippen LogP contribution in [0.3, 0.4) is 0 Å². The molecule has 4 nitrogen and oxygen atoms in total. The van der Waals surface area contributed by atoms with E-state index in [-0.39, 0.29) is 5.91 Å². The molecular weight excluding hydrogens is 254 g/mol. The standard InChI is InChI=1S/C16H15NO3/c1-11-4-3-5-13(8-11)16(19)17-14-9-12(10-18)6-7-15(14)20-2/h3-10H,1-2H3,(H,17,19). The lowest BCUT2D eigenvalue weighted by atomic mass is 10.1. The van der Waals surface area contributed by atoms with Gasteiger partial charge in [0.2, 0.25) is 0 Å². The first-order valence-electron chi connectivity index (χ1n) is 6.15. The lowest BCUT2D eigenvalue weighted by molar-refractivity contribution is 0.102. The predicted octanol–water partition coefficient (Wildman–Crippen LogP) is 3.07. The number of carbonyl (C=O) groups excluding carboxylic acids is 2. The topological polar surface area (TPSA) is 55.4 Å². The van der Waals surface area contributed by atoms with Gasteiger partial charge >= 0.3 is 0 Å². The normalized spacial score (nSPS) is 9.90. The fourth-order valence-corrected chi connectivity index (χ4v) is 1.88. The molecule has 0 fully saturated rings. The van der Waals surface area contributed by atoms with Crippen molar-refractivity contribution >= 4 is 17.9 Å². The van der Waals surface area contributed by atoms with Crippen LogP contribution in [-0.4, -0.2) is 19.3 Å². The average molecular weight is 269 g/mol. The lowest BCUT2D eigenvalue weighted by Gasteiger charge is -2.11. The van der Waals surface area contributed by atoms with Crippen LogP contribution >= 0.6 is 0 Å². The summed E-state index contributed by atoms with van der Waals surface area (Å²) < 4.78 is 5.17. The maximum Gasteiger partial charge on any atom is 0.255 e. The summed E-state index contributed by atoms with van der Waals surface area (Å²) in [6.45, 7) is 1.92. The summed E-state index contributed by atoms with van der Waals surface area (Å²) in [4.78, 5) is 23.0. The number of nitrogens with one attached hydrogen (secondary N) is 1. The molecule has 20 heavy (non-hydrogen) atoms. The highest BCUT2D eigenvalue weighted by atomic mass is 16.5. The zero-order valence-electron chi connectivity index (χ0n) is 11.3. The number of aldehydes is 1. The van der Waals surface area contributed by atoms with Crippen molar-refractivity contribution in [2.45, 2.75) is 6.92 Å². The zero-order chi connectivity index (χ0) is 14.5. The molecule has 0 saturated heterocycles. The van der Waals surface area contributed by atoms with E-state index in [0.29, 0.717) is 22.6 Å². The van der Waals surface area contributed by atoms with Gasteiger partial charge in [-0.1, -0.05) is 17.7 Å². The third-order valence-electron chi connectivity index (χ3n) is 2.89. The fourth-order valence-electron chi connectivity index (χ4n) is 1.88. The van der Waals surface area contributed by atoms with Crippen LogP contribution < -0.4 is 10.1 Å². The Morgan fingerprint density at radius 3 is 2.65 bits per heavy atom. The Kier molecular flexibility index (Phi) is 4.15. The van der Waals surface area contributed by atoms with E-state index in [4.69, 9.17) is 4.74 Å². The number of rotatable bonds is 4. The monoisotopic (exact) mass is 269 g/mol. The lowest BCUT2D eigenvalue weighted by Crippen LogP contribution is -2.13. The summed E-state index contributed by atoms with van der Waals surface area (Å²) in [5.41, 5.74) is 2.52. The Morgan fingerprint density at radius 1 is 1.20 bits per heavy atom. The van der Waals surface area contributed by atoms with Crippen molar-refractivity contribution in [3.05, 3.63) is 59.2 Å². The minimum atomic E-state index is -0.241. The fraction of sp³-hybridized carbons (Fsp3) is 0.125. The van der Waals surface area contributed by atoms with Crippen LogP contribution in [0.1, 0.15) is 26.3 Å². The van der Waals surface area contributed by atoms with Gasteiger partial charge in [-0.05, 0) is 37.3 Å². The number of methoxy groups -OCH3 is 1. The molecule has 102 valence electrons. The first-order chi connectivity index (χ1) is 9.63. The third kappa shape index (κ3) is 3.03. The molecule has 0 spiro atoms. The molecule has 2 aromatic carbocycles. The molecule has 4 heteroatoms. The van der Waals surface area contributed by atoms with Gasteiger partial charge in [0.1, 0.15) is 12.0 Å². The number of carbonyl (C=O) groups is 2. The number of hydrogen-bond acceptors (Lipinski definition) is 3. The minimum Gasteiger partial charge on any atom is -0.495 e. The molecule has 0 heterocycles. The van der Waals surface area contributed by atoms with Crippen molar-refractivity contribution in [1.82, 2.24) is 0 Å². The molecular formula is C16H15NO3. The zero-order valence-corrected chi connectivity index (χ0v) is 11.3. The van der Waals surface area contributed by atoms with E-state index in [1.54, 1.807) is 30.3 Å². The van der Waals surface area contributed by atoms with E-state index in [1.165, 1.54) is 7.11 Å². The number of amides is 1. The number of anilines is 1. The second-order valence-electron chi connectivity index (χ2n) is 4.40. The molecule has 0 aliphatic rings. The Hall–Kier alpha value is -2.62. The van der Waals surface area contributed by atoms with Gasteiger partial charge in [-0.15, -0.1) is 0 Å². The molecule has 0 saturated carbocycles. The van der Waals surface area contributed by atoms with Crippen molar-refractivity contribution in [2.75, 3.05) is 12.4 Å². The van der Waals surface area contributed by atoms with E-state index >= 15 is 0 Å². The molecule has 0 radical (unpaired) electrons. The molecule has 2 rings (SSSR count). The van der Waals surface area contributed by atoms with Crippen LogP contribution in [0.25, 0.3) is 0 Å². The average Bonchev–Trinajstić information content (AvgIpc) is 2.47. The summed E-state index contributed by atoms with van der Waals surface area (Å²) >= 11 is 0. The second-order valence-corrected chi connectivity index (χ2v) is 4.40. The van der Waals surface area contributed by atoms with Gasteiger partial charge < -0.3 is 10.1 Å². The van der Waals surface area contributed by atoms with Crippen molar-refractivity contribution in [1.29, 1.82) is 0 Å². The summed E-state index contributed by atoms with van der Waals surface area (Å²) in [6.07, 6.45) is 0.724. The van der Waals surface area contributed by atoms with Crippen LogP contribution in [0, 0.1) is 6.92 Å². The Labute approximate surface area is 117 Å². The molecule has 0 aromatic heterocycles. The van der Waals surface area contributed by atoms with Gasteiger partial charge in [-0.25, -0.2) is 0 Å². The van der Waals surface area contributed by atoms with Crippen LogP contribution in [0.2, 0.25) is 0 Å². The maximum atomic E-state index is 12.2. The van der Waals surface area contributed by atoms with Gasteiger partial charge in [-0.3, -0.25) is 9.59 Å². The van der Waals surface area contributed by atoms with Crippen LogP contribution in [0.4, 0.5) is 5.69 Å². The molecule has 0 unspecified atom stereocenters. The number of aryl methyl sites for hydroxylation is 1. The van der Waals surface area contributed by atoms with Gasteiger partial charge in [0.05, 0.1) is 12.8 Å². The highest BCUT2D eigenvalue weighted by molar-refractivity contribution is 6.05. The molecule has 1 N–H and O–H groups in total. The predicted molar refractivity (Wildman–Crippen MR) is 77.5 cm³/mol. The van der Waals surface area contributed by atoms with E-state index < -0.39 is 0 Å². The highest BCUT2D eigenvalue weighted by Crippen LogP contribution is 2.25. The van der Waals surface area contributed by atoms with Crippen molar-refractivity contribution in [3.8, 4) is 5.75 Å². The van der Waals surface area contributed by atoms with E-state index in [1.807, 2.05) is 19.1 Å². The molecule has 0 atom stereocenters. The third-order valence-corrected chi connectivity index (χ3v) is 2.89. The first-order valence-corrected chi connectivity index (χ1v) is 6.15. The van der Waals surface area contributed by atoms with Crippen LogP contribution in [-0.2, 0) is 0 Å². The first kappa shape index (κ1) is 13.8. The van der Waals surface area contributed by atoms with Crippen molar-refractivity contribution < 1.29 is 14.3 Å². The molecule has 2 aromatic rings. The number of ether oxygens (including phenoxy) is 1. The molecule has 0 bridgehead atoms. The Bertz CT molecular complexity index is 650. The molecule has 1 amide bonds. The number of hydrogen-bond donors (Lipinski definition) is 1. The smallest absolute Gasteiger partial charge is 0.255 e. The Balaban J connectivity index is 2.29. The quantitative estimate of drug-likeness (QED) is 0.868. The van der Waals surface area contributed by atoms with Crippen molar-refractivity contribution in [3.63, 3.8) is 0 Å². The summed E-state index contributed by atoms with van der Waals surface area (Å²) in [5.74, 6) is 0.270. The van der Waals surface area contributed by atoms with E-state index in [9.17, 15) is 9.59 Å². The van der Waals surface area contributed by atoms with Crippen LogP contribution in [0.15, 0.2) is 42.5 Å². The van der Waals surface area contributed by atoms with Gasteiger partial charge in [0, 0.05) is 11.1 Å². The number of benzene rings is 2. The van der Waals surface area contributed by atoms with Gasteiger partial charge in [-0.2, -0.15) is 0 Å². The minimum absolute atomic E-state index is 0.241. The highest BCUT2D eigenvalue weighted by Gasteiger charge is 2.10. The van der Waals surface area contributed by atoms with E-state index in [2.05, 4.69) is 5.32 Å². The summed E-state index contributed by atoms with van der Waals surface area (Å²) in [6, 6.07) is 12.1. The SMILES string of the molecule is COc1ccc(C=O)cc1NC(=O)c1cccc(C)c1. The molecule has 0 aliphatic heterocycles. The van der Waals surface area contributed by atoms with Gasteiger partial charge in [0.25, 0.3) is 5.91 Å². The van der Waals surface area contributed by atoms with Crippen LogP contribution in [0.5, 0.6) is 5.75 Å². The Morgan fingerprint density at radius 2 is 2.00 bits per heavy atom.